The van der Waals surface area contributed by atoms with Gasteiger partial charge in [-0.15, -0.1) is 10.2 Å². The van der Waals surface area contributed by atoms with Crippen molar-refractivity contribution in [2.75, 3.05) is 6.61 Å². The molecule has 2 atom stereocenters. The fourth-order valence-corrected chi connectivity index (χ4v) is 3.32. The number of hydrogen-bond donors (Lipinski definition) is 1. The van der Waals surface area contributed by atoms with Crippen LogP contribution >= 0.6 is 23.1 Å². The van der Waals surface area contributed by atoms with Crippen molar-refractivity contribution >= 4 is 23.1 Å². The molecule has 0 aliphatic heterocycles. The molecule has 0 radical (unpaired) electrons. The summed E-state index contributed by atoms with van der Waals surface area (Å²) in [5.41, 5.74) is 0. The maximum absolute atomic E-state index is 8.81. The summed E-state index contributed by atoms with van der Waals surface area (Å²) in [6.07, 6.45) is 1.12. The molecular weight excluding hydrogens is 192 g/mol. The molecule has 0 aromatic carbocycles. The molecule has 1 aromatic heterocycles. The van der Waals surface area contributed by atoms with Gasteiger partial charge in [-0.2, -0.15) is 0 Å². The lowest BCUT2D eigenvalue weighted by atomic mass is 10.5. The minimum atomic E-state index is 0.315. The molecule has 3 nitrogen and oxygen atoms in total. The van der Waals surface area contributed by atoms with E-state index in [0.717, 1.165) is 15.8 Å². The van der Waals surface area contributed by atoms with E-state index in [1.165, 1.54) is 0 Å². The Labute approximate surface area is 79.2 Å². The molecule has 1 aliphatic rings. The van der Waals surface area contributed by atoms with Crippen LogP contribution in [0.1, 0.15) is 11.4 Å². The molecule has 1 fully saturated rings. The first-order chi connectivity index (χ1) is 5.79. The minimum Gasteiger partial charge on any atom is -0.396 e. The lowest BCUT2D eigenvalue weighted by Gasteiger charge is -1.90. The van der Waals surface area contributed by atoms with Gasteiger partial charge in [0.05, 0.1) is 0 Å². The van der Waals surface area contributed by atoms with E-state index in [9.17, 15) is 0 Å². The molecule has 2 unspecified atom stereocenters. The lowest BCUT2D eigenvalue weighted by molar-refractivity contribution is 0.277. The van der Waals surface area contributed by atoms with E-state index >= 15 is 0 Å². The fraction of sp³-hybridized carbons (Fsp3) is 0.714. The minimum absolute atomic E-state index is 0.315. The van der Waals surface area contributed by atoms with Gasteiger partial charge in [0, 0.05) is 11.9 Å². The van der Waals surface area contributed by atoms with Gasteiger partial charge in [0.2, 0.25) is 0 Å². The molecule has 0 amide bonds. The molecule has 0 bridgehead atoms. The molecule has 5 heteroatoms. The maximum atomic E-state index is 8.81. The number of thioether (sulfide) groups is 1. The van der Waals surface area contributed by atoms with Crippen LogP contribution in [-0.2, 0) is 0 Å². The van der Waals surface area contributed by atoms with Gasteiger partial charge in [-0.3, -0.25) is 0 Å². The third-order valence-corrected chi connectivity index (χ3v) is 4.19. The van der Waals surface area contributed by atoms with Crippen LogP contribution in [0, 0.1) is 12.8 Å². The molecule has 1 aromatic rings. The van der Waals surface area contributed by atoms with Crippen molar-refractivity contribution in [1.82, 2.24) is 10.2 Å². The highest BCUT2D eigenvalue weighted by atomic mass is 32.2. The smallest absolute Gasteiger partial charge is 0.174 e. The zero-order valence-electron chi connectivity index (χ0n) is 6.73. The zero-order chi connectivity index (χ0) is 8.55. The van der Waals surface area contributed by atoms with Crippen LogP contribution in [0.3, 0.4) is 0 Å². The van der Waals surface area contributed by atoms with Gasteiger partial charge in [-0.25, -0.2) is 0 Å². The van der Waals surface area contributed by atoms with Crippen molar-refractivity contribution < 1.29 is 5.11 Å². The average molecular weight is 202 g/mol. The van der Waals surface area contributed by atoms with E-state index < -0.39 is 0 Å². The highest BCUT2D eigenvalue weighted by Crippen LogP contribution is 2.45. The summed E-state index contributed by atoms with van der Waals surface area (Å²) in [4.78, 5) is 0. The van der Waals surface area contributed by atoms with Crippen molar-refractivity contribution in [3.05, 3.63) is 5.01 Å². The Hall–Kier alpha value is -0.130. The maximum Gasteiger partial charge on any atom is 0.174 e. The predicted molar refractivity (Wildman–Crippen MR) is 49.5 cm³/mol. The van der Waals surface area contributed by atoms with Crippen molar-refractivity contribution in [2.45, 2.75) is 22.9 Å². The van der Waals surface area contributed by atoms with Crippen LogP contribution in [0.25, 0.3) is 0 Å². The average Bonchev–Trinajstić information content (AvgIpc) is 2.67. The number of aliphatic hydroxyl groups excluding tert-OH is 1. The van der Waals surface area contributed by atoms with Gasteiger partial charge >= 0.3 is 0 Å². The molecule has 66 valence electrons. The van der Waals surface area contributed by atoms with E-state index in [2.05, 4.69) is 10.2 Å². The topological polar surface area (TPSA) is 46.0 Å². The van der Waals surface area contributed by atoms with Crippen molar-refractivity contribution in [2.24, 2.45) is 5.92 Å². The first-order valence-electron chi connectivity index (χ1n) is 3.87. The van der Waals surface area contributed by atoms with Gasteiger partial charge in [-0.1, -0.05) is 23.1 Å². The van der Waals surface area contributed by atoms with Crippen molar-refractivity contribution in [3.63, 3.8) is 0 Å². The quantitative estimate of drug-likeness (QED) is 0.803. The Morgan fingerprint density at radius 3 is 3.00 bits per heavy atom. The Morgan fingerprint density at radius 1 is 1.67 bits per heavy atom. The molecule has 1 N–H and O–H groups in total. The Morgan fingerprint density at radius 2 is 2.50 bits per heavy atom. The summed E-state index contributed by atoms with van der Waals surface area (Å²) < 4.78 is 1.04. The van der Waals surface area contributed by atoms with E-state index in [4.69, 9.17) is 5.11 Å². The van der Waals surface area contributed by atoms with Crippen LogP contribution < -0.4 is 0 Å². The normalized spacial score (nSPS) is 27.5. The highest BCUT2D eigenvalue weighted by molar-refractivity contribution is 8.01. The van der Waals surface area contributed by atoms with Crippen LogP contribution in [0.2, 0.25) is 0 Å². The number of hydrogen-bond acceptors (Lipinski definition) is 5. The fourth-order valence-electron chi connectivity index (χ4n) is 1.01. The van der Waals surface area contributed by atoms with Gasteiger partial charge in [-0.05, 0) is 19.3 Å². The Balaban J connectivity index is 1.89. The Kier molecular flexibility index (Phi) is 2.34. The number of aromatic nitrogens is 2. The summed E-state index contributed by atoms with van der Waals surface area (Å²) in [6.45, 7) is 2.27. The Bertz CT molecular complexity index is 276. The van der Waals surface area contributed by atoms with Gasteiger partial charge < -0.3 is 5.11 Å². The summed E-state index contributed by atoms with van der Waals surface area (Å²) in [5.74, 6) is 0.499. The standard InChI is InChI=1S/C7H10N2OS2/c1-4-8-9-7(11-4)12-6-2-5(6)3-10/h5-6,10H,2-3H2,1H3. The summed E-state index contributed by atoms with van der Waals surface area (Å²) in [5, 5.41) is 18.4. The summed E-state index contributed by atoms with van der Waals surface area (Å²) in [7, 11) is 0. The molecule has 1 saturated carbocycles. The largest absolute Gasteiger partial charge is 0.396 e. The molecule has 0 saturated heterocycles. The van der Waals surface area contributed by atoms with Crippen molar-refractivity contribution in [1.29, 1.82) is 0 Å². The third-order valence-electron chi connectivity index (χ3n) is 1.85. The van der Waals surface area contributed by atoms with E-state index in [1.54, 1.807) is 23.1 Å². The second-order valence-corrected chi connectivity index (χ2v) is 5.59. The third kappa shape index (κ3) is 1.78. The van der Waals surface area contributed by atoms with Gasteiger partial charge in [0.25, 0.3) is 0 Å². The first-order valence-corrected chi connectivity index (χ1v) is 5.57. The highest BCUT2D eigenvalue weighted by Gasteiger charge is 2.37. The molecule has 0 spiro atoms. The number of rotatable bonds is 3. The van der Waals surface area contributed by atoms with Gasteiger partial charge in [0.1, 0.15) is 5.01 Å². The molecule has 2 rings (SSSR count). The number of aryl methyl sites for hydroxylation is 1. The second kappa shape index (κ2) is 3.32. The van der Waals surface area contributed by atoms with Crippen LogP contribution in [0.4, 0.5) is 0 Å². The van der Waals surface area contributed by atoms with Crippen LogP contribution in [0.15, 0.2) is 4.34 Å². The second-order valence-electron chi connectivity index (χ2n) is 2.92. The summed E-state index contributed by atoms with van der Waals surface area (Å²) in [6, 6.07) is 0. The monoisotopic (exact) mass is 202 g/mol. The number of aliphatic hydroxyl groups is 1. The van der Waals surface area contributed by atoms with Crippen LogP contribution in [-0.4, -0.2) is 27.2 Å². The zero-order valence-corrected chi connectivity index (χ0v) is 8.36. The molecule has 1 heterocycles. The molecule has 12 heavy (non-hydrogen) atoms. The molecule has 1 aliphatic carbocycles. The lowest BCUT2D eigenvalue weighted by Crippen LogP contribution is -1.88. The van der Waals surface area contributed by atoms with Crippen LogP contribution in [0.5, 0.6) is 0 Å². The number of nitrogens with zero attached hydrogens (tertiary/aromatic N) is 2. The SMILES string of the molecule is Cc1nnc(SC2CC2CO)s1. The van der Waals surface area contributed by atoms with Crippen molar-refractivity contribution in [3.8, 4) is 0 Å². The van der Waals surface area contributed by atoms with E-state index in [1.807, 2.05) is 6.92 Å². The molecular formula is C7H10N2OS2. The van der Waals surface area contributed by atoms with E-state index in [0.29, 0.717) is 17.8 Å². The predicted octanol–water partition coefficient (Wildman–Crippen LogP) is 1.32. The van der Waals surface area contributed by atoms with E-state index in [-0.39, 0.29) is 0 Å². The first kappa shape index (κ1) is 8.47. The summed E-state index contributed by atoms with van der Waals surface area (Å²) >= 11 is 3.38. The van der Waals surface area contributed by atoms with Gasteiger partial charge in [0.15, 0.2) is 4.34 Å².